The minimum atomic E-state index is -1.52. The van der Waals surface area contributed by atoms with Crippen LogP contribution in [0.2, 0.25) is 0 Å². The zero-order valence-electron chi connectivity index (χ0n) is 15.5. The summed E-state index contributed by atoms with van der Waals surface area (Å²) in [4.78, 5) is 26.0. The number of carbonyl (C=O) groups is 1. The molecule has 1 fully saturated rings. The van der Waals surface area contributed by atoms with Crippen molar-refractivity contribution < 1.29 is 23.1 Å². The Kier molecular flexibility index (Phi) is 4.56. The van der Waals surface area contributed by atoms with E-state index >= 15 is 0 Å². The van der Waals surface area contributed by atoms with Gasteiger partial charge in [-0.1, -0.05) is 6.92 Å². The molecule has 1 atom stereocenters. The first kappa shape index (κ1) is 19.0. The highest BCUT2D eigenvalue weighted by molar-refractivity contribution is 5.94. The van der Waals surface area contributed by atoms with Crippen molar-refractivity contribution in [2.45, 2.75) is 13.3 Å². The molecule has 0 saturated carbocycles. The number of nitrogens with zero attached hydrogens (tertiary/aromatic N) is 2. The van der Waals surface area contributed by atoms with Gasteiger partial charge in [0.2, 0.25) is 5.43 Å². The second-order valence-electron chi connectivity index (χ2n) is 7.30. The quantitative estimate of drug-likeness (QED) is 0.721. The Balaban J connectivity index is 2.05. The number of hydrogen-bond acceptors (Lipinski definition) is 3. The number of benzene rings is 2. The maximum atomic E-state index is 14.8. The highest BCUT2D eigenvalue weighted by Gasteiger charge is 2.24. The number of aromatic nitrogens is 1. The molecule has 0 amide bonds. The van der Waals surface area contributed by atoms with Gasteiger partial charge in [0.15, 0.2) is 0 Å². The largest absolute Gasteiger partial charge is 0.477 e. The third-order valence-electron chi connectivity index (χ3n) is 5.24. The monoisotopic (exact) mass is 402 g/mol. The van der Waals surface area contributed by atoms with Gasteiger partial charge in [-0.2, -0.15) is 0 Å². The van der Waals surface area contributed by atoms with Gasteiger partial charge in [-0.3, -0.25) is 4.79 Å². The summed E-state index contributed by atoms with van der Waals surface area (Å²) in [5.41, 5.74) is -1.26. The summed E-state index contributed by atoms with van der Waals surface area (Å²) < 4.78 is 43.8. The van der Waals surface area contributed by atoms with Gasteiger partial charge in [-0.15, -0.1) is 0 Å². The van der Waals surface area contributed by atoms with Crippen LogP contribution in [-0.4, -0.2) is 28.7 Å². The molecular formula is C21H17F3N2O3. The fourth-order valence-corrected chi connectivity index (χ4v) is 3.76. The molecule has 1 N–H and O–H groups in total. The van der Waals surface area contributed by atoms with Crippen LogP contribution < -0.4 is 10.3 Å². The van der Waals surface area contributed by atoms with Crippen molar-refractivity contribution in [3.8, 4) is 5.69 Å². The fraction of sp³-hybridized carbons (Fsp3) is 0.238. The minimum absolute atomic E-state index is 0.140. The lowest BCUT2D eigenvalue weighted by Gasteiger charge is -2.21. The normalized spacial score (nSPS) is 16.6. The standard InChI is InChI=1S/C21H17F3N2O3/c1-11-4-5-25(9-11)19-8-18-13(7-16(19)24)20(27)14(21(28)29)10-26(18)17-3-2-12(22)6-15(17)23/h2-3,6-8,10-11H,4-5,9H2,1H3,(H,28,29). The summed E-state index contributed by atoms with van der Waals surface area (Å²) in [6.07, 6.45) is 1.87. The fourth-order valence-electron chi connectivity index (χ4n) is 3.76. The molecule has 1 aliphatic heterocycles. The number of pyridine rings is 1. The molecule has 0 radical (unpaired) electrons. The van der Waals surface area contributed by atoms with Crippen molar-refractivity contribution in [1.82, 2.24) is 4.57 Å². The molecule has 8 heteroatoms. The number of rotatable bonds is 3. The minimum Gasteiger partial charge on any atom is -0.477 e. The molecule has 2 aromatic carbocycles. The van der Waals surface area contributed by atoms with Crippen molar-refractivity contribution in [2.75, 3.05) is 18.0 Å². The lowest BCUT2D eigenvalue weighted by molar-refractivity contribution is 0.0695. The maximum absolute atomic E-state index is 14.8. The van der Waals surface area contributed by atoms with Crippen LogP contribution in [-0.2, 0) is 0 Å². The van der Waals surface area contributed by atoms with Crippen molar-refractivity contribution in [3.63, 3.8) is 0 Å². The molecule has 1 aliphatic rings. The summed E-state index contributed by atoms with van der Waals surface area (Å²) in [5.74, 6) is -3.54. The highest BCUT2D eigenvalue weighted by Crippen LogP contribution is 2.31. The van der Waals surface area contributed by atoms with E-state index in [1.54, 1.807) is 0 Å². The van der Waals surface area contributed by atoms with Gasteiger partial charge in [0.05, 0.1) is 16.9 Å². The van der Waals surface area contributed by atoms with Crippen LogP contribution in [0.5, 0.6) is 0 Å². The second-order valence-corrected chi connectivity index (χ2v) is 7.30. The summed E-state index contributed by atoms with van der Waals surface area (Å²) in [5, 5.41) is 9.17. The average molecular weight is 402 g/mol. The molecular weight excluding hydrogens is 385 g/mol. The van der Waals surface area contributed by atoms with Crippen LogP contribution in [0.25, 0.3) is 16.6 Å². The molecule has 150 valence electrons. The average Bonchev–Trinajstić information content (AvgIpc) is 3.08. The lowest BCUT2D eigenvalue weighted by Crippen LogP contribution is -2.22. The smallest absolute Gasteiger partial charge is 0.341 e. The van der Waals surface area contributed by atoms with Gasteiger partial charge in [0.1, 0.15) is 23.0 Å². The zero-order chi connectivity index (χ0) is 20.9. The second kappa shape index (κ2) is 6.95. The first-order chi connectivity index (χ1) is 13.8. The Bertz CT molecular complexity index is 1210. The van der Waals surface area contributed by atoms with Crippen molar-refractivity contribution in [3.05, 3.63) is 69.8 Å². The molecule has 0 aliphatic carbocycles. The Labute approximate surface area is 163 Å². The first-order valence-electron chi connectivity index (χ1n) is 9.09. The van der Waals surface area contributed by atoms with E-state index in [1.165, 1.54) is 6.07 Å². The molecule has 1 aromatic heterocycles. The number of carboxylic acid groups (broad SMARTS) is 1. The SMILES string of the molecule is CC1CCN(c2cc3c(cc2F)c(=O)c(C(=O)O)cn3-c2ccc(F)cc2F)C1. The number of halogens is 3. The number of fused-ring (bicyclic) bond motifs is 1. The summed E-state index contributed by atoms with van der Waals surface area (Å²) in [6, 6.07) is 5.22. The van der Waals surface area contributed by atoms with Crippen LogP contribution in [0, 0.1) is 23.4 Å². The molecule has 0 bridgehead atoms. The first-order valence-corrected chi connectivity index (χ1v) is 9.09. The van der Waals surface area contributed by atoms with E-state index in [2.05, 4.69) is 0 Å². The van der Waals surface area contributed by atoms with Crippen LogP contribution in [0.15, 0.2) is 41.3 Å². The third kappa shape index (κ3) is 3.24. The molecule has 3 aromatic rings. The van der Waals surface area contributed by atoms with Crippen LogP contribution in [0.3, 0.4) is 0 Å². The van der Waals surface area contributed by atoms with Crippen molar-refractivity contribution in [1.29, 1.82) is 0 Å². The van der Waals surface area contributed by atoms with Gasteiger partial charge < -0.3 is 14.6 Å². The predicted molar refractivity (Wildman–Crippen MR) is 102 cm³/mol. The van der Waals surface area contributed by atoms with E-state index in [1.807, 2.05) is 11.8 Å². The summed E-state index contributed by atoms with van der Waals surface area (Å²) in [6.45, 7) is 3.30. The number of anilines is 1. The van der Waals surface area contributed by atoms with E-state index in [-0.39, 0.29) is 22.3 Å². The molecule has 5 nitrogen and oxygen atoms in total. The van der Waals surface area contributed by atoms with E-state index in [4.69, 9.17) is 0 Å². The third-order valence-corrected chi connectivity index (χ3v) is 5.24. The predicted octanol–water partition coefficient (Wildman–Crippen LogP) is 3.95. The molecule has 0 spiro atoms. The number of aromatic carboxylic acids is 1. The summed E-state index contributed by atoms with van der Waals surface area (Å²) in [7, 11) is 0. The maximum Gasteiger partial charge on any atom is 0.341 e. The molecule has 2 heterocycles. The number of carboxylic acids is 1. The van der Waals surface area contributed by atoms with E-state index in [0.717, 1.165) is 35.4 Å². The van der Waals surface area contributed by atoms with Crippen LogP contribution in [0.1, 0.15) is 23.7 Å². The molecule has 4 rings (SSSR count). The van der Waals surface area contributed by atoms with Gasteiger partial charge in [0, 0.05) is 30.7 Å². The van der Waals surface area contributed by atoms with Gasteiger partial charge in [-0.25, -0.2) is 18.0 Å². The highest BCUT2D eigenvalue weighted by atomic mass is 19.1. The Hall–Kier alpha value is -3.29. The van der Waals surface area contributed by atoms with Crippen molar-refractivity contribution >= 4 is 22.6 Å². The van der Waals surface area contributed by atoms with E-state index in [0.29, 0.717) is 25.1 Å². The van der Waals surface area contributed by atoms with Crippen molar-refractivity contribution in [2.24, 2.45) is 5.92 Å². The Morgan fingerprint density at radius 1 is 1.10 bits per heavy atom. The van der Waals surface area contributed by atoms with Gasteiger partial charge in [0.25, 0.3) is 0 Å². The van der Waals surface area contributed by atoms with Gasteiger partial charge in [-0.05, 0) is 36.6 Å². The van der Waals surface area contributed by atoms with Gasteiger partial charge >= 0.3 is 5.97 Å². The molecule has 1 saturated heterocycles. The number of hydrogen-bond donors (Lipinski definition) is 1. The Morgan fingerprint density at radius 2 is 1.83 bits per heavy atom. The zero-order valence-corrected chi connectivity index (χ0v) is 15.5. The topological polar surface area (TPSA) is 62.5 Å². The van der Waals surface area contributed by atoms with E-state index in [9.17, 15) is 27.9 Å². The van der Waals surface area contributed by atoms with E-state index < -0.39 is 34.4 Å². The van der Waals surface area contributed by atoms with Crippen LogP contribution in [0.4, 0.5) is 18.9 Å². The summed E-state index contributed by atoms with van der Waals surface area (Å²) >= 11 is 0. The van der Waals surface area contributed by atoms with Crippen LogP contribution >= 0.6 is 0 Å². The molecule has 29 heavy (non-hydrogen) atoms. The Morgan fingerprint density at radius 3 is 2.45 bits per heavy atom. The molecule has 1 unspecified atom stereocenters. The lowest BCUT2D eigenvalue weighted by atomic mass is 10.1.